The Bertz CT molecular complexity index is 251. The summed E-state index contributed by atoms with van der Waals surface area (Å²) in [5.41, 5.74) is 3.80. The van der Waals surface area contributed by atoms with Gasteiger partial charge in [0.1, 0.15) is 13.1 Å². The van der Waals surface area contributed by atoms with Crippen LogP contribution in [-0.4, -0.2) is 25.4 Å². The van der Waals surface area contributed by atoms with Crippen molar-refractivity contribution >= 4 is 23.4 Å². The molecule has 0 aliphatic rings. The standard InChI is InChI=1S/C10H15ClN2S/c11-9-1-3-10(4-2-9)14-8-7-13-6-5-12/h1-4,13H,5-8,12H2/p+2. The van der Waals surface area contributed by atoms with Crippen molar-refractivity contribution in [2.45, 2.75) is 4.90 Å². The first-order chi connectivity index (χ1) is 6.83. The first-order valence-corrected chi connectivity index (χ1v) is 6.18. The van der Waals surface area contributed by atoms with Crippen LogP contribution < -0.4 is 11.1 Å². The van der Waals surface area contributed by atoms with E-state index in [9.17, 15) is 0 Å². The van der Waals surface area contributed by atoms with Crippen molar-refractivity contribution < 1.29 is 11.1 Å². The van der Waals surface area contributed by atoms with Gasteiger partial charge in [-0.05, 0) is 24.3 Å². The van der Waals surface area contributed by atoms with Gasteiger partial charge in [0.05, 0.1) is 6.54 Å². The molecule has 14 heavy (non-hydrogen) atoms. The van der Waals surface area contributed by atoms with Crippen molar-refractivity contribution in [2.24, 2.45) is 0 Å². The number of hydrogen-bond acceptors (Lipinski definition) is 1. The zero-order valence-electron chi connectivity index (χ0n) is 8.21. The van der Waals surface area contributed by atoms with E-state index in [2.05, 4.69) is 23.2 Å². The van der Waals surface area contributed by atoms with Crippen LogP contribution in [0, 0.1) is 0 Å². The molecule has 2 nitrogen and oxygen atoms in total. The average molecular weight is 233 g/mol. The number of thioether (sulfide) groups is 1. The molecule has 0 aliphatic heterocycles. The summed E-state index contributed by atoms with van der Waals surface area (Å²) in [6, 6.07) is 8.00. The summed E-state index contributed by atoms with van der Waals surface area (Å²) in [4.78, 5) is 1.29. The number of quaternary nitrogens is 2. The molecular formula is C10H17ClN2S+2. The number of hydrogen-bond donors (Lipinski definition) is 2. The van der Waals surface area contributed by atoms with Gasteiger partial charge < -0.3 is 11.1 Å². The van der Waals surface area contributed by atoms with Crippen LogP contribution in [0.3, 0.4) is 0 Å². The Hall–Kier alpha value is -0.220. The first-order valence-electron chi connectivity index (χ1n) is 4.82. The molecule has 0 spiro atoms. The summed E-state index contributed by atoms with van der Waals surface area (Å²) in [5.74, 6) is 1.14. The van der Waals surface area contributed by atoms with Gasteiger partial charge in [-0.25, -0.2) is 0 Å². The largest absolute Gasteiger partial charge is 0.353 e. The van der Waals surface area contributed by atoms with E-state index in [1.54, 1.807) is 0 Å². The Labute approximate surface area is 94.2 Å². The van der Waals surface area contributed by atoms with E-state index in [1.165, 1.54) is 4.90 Å². The molecule has 0 saturated carbocycles. The molecule has 0 amide bonds. The third kappa shape index (κ3) is 4.86. The van der Waals surface area contributed by atoms with Crippen LogP contribution >= 0.6 is 23.4 Å². The molecule has 0 aromatic heterocycles. The van der Waals surface area contributed by atoms with Gasteiger partial charge in [-0.2, -0.15) is 0 Å². The third-order valence-corrected chi connectivity index (χ3v) is 3.11. The van der Waals surface area contributed by atoms with Gasteiger partial charge in [0.25, 0.3) is 0 Å². The molecule has 1 aromatic rings. The minimum atomic E-state index is 0.804. The number of nitrogens with two attached hydrogens (primary N) is 1. The van der Waals surface area contributed by atoms with Crippen LogP contribution in [0.1, 0.15) is 0 Å². The van der Waals surface area contributed by atoms with Crippen molar-refractivity contribution in [3.05, 3.63) is 29.3 Å². The molecule has 78 valence electrons. The molecule has 4 heteroatoms. The second-order valence-electron chi connectivity index (χ2n) is 3.02. The highest BCUT2D eigenvalue weighted by atomic mass is 35.5. The zero-order valence-corrected chi connectivity index (χ0v) is 9.78. The third-order valence-electron chi connectivity index (χ3n) is 1.81. The van der Waals surface area contributed by atoms with E-state index in [1.807, 2.05) is 23.9 Å². The monoisotopic (exact) mass is 232 g/mol. The van der Waals surface area contributed by atoms with Crippen molar-refractivity contribution in [2.75, 3.05) is 25.4 Å². The van der Waals surface area contributed by atoms with E-state index in [0.29, 0.717) is 0 Å². The van der Waals surface area contributed by atoms with E-state index in [4.69, 9.17) is 11.6 Å². The maximum Gasteiger partial charge on any atom is 0.125 e. The highest BCUT2D eigenvalue weighted by molar-refractivity contribution is 7.99. The van der Waals surface area contributed by atoms with E-state index < -0.39 is 0 Å². The number of benzene rings is 1. The maximum atomic E-state index is 5.79. The summed E-state index contributed by atoms with van der Waals surface area (Å²) in [6.07, 6.45) is 0. The second kappa shape index (κ2) is 7.12. The normalized spacial score (nSPS) is 10.4. The van der Waals surface area contributed by atoms with E-state index in [0.717, 1.165) is 30.4 Å². The zero-order chi connectivity index (χ0) is 10.2. The number of halogens is 1. The lowest BCUT2D eigenvalue weighted by atomic mass is 10.4. The Morgan fingerprint density at radius 3 is 2.57 bits per heavy atom. The lowest BCUT2D eigenvalue weighted by Gasteiger charge is -2.00. The maximum absolute atomic E-state index is 5.79. The molecule has 0 bridgehead atoms. The SMILES string of the molecule is [NH3+]CC[NH2+]CCSc1ccc(Cl)cc1. The average Bonchev–Trinajstić information content (AvgIpc) is 2.21. The van der Waals surface area contributed by atoms with Crippen LogP contribution in [0.15, 0.2) is 29.2 Å². The van der Waals surface area contributed by atoms with Gasteiger partial charge in [0.2, 0.25) is 0 Å². The molecule has 1 aromatic carbocycles. The molecule has 0 heterocycles. The molecule has 0 radical (unpaired) electrons. The van der Waals surface area contributed by atoms with Crippen molar-refractivity contribution in [3.8, 4) is 0 Å². The smallest absolute Gasteiger partial charge is 0.125 e. The number of rotatable bonds is 6. The summed E-state index contributed by atoms with van der Waals surface area (Å²) < 4.78 is 0. The van der Waals surface area contributed by atoms with Crippen LogP contribution in [-0.2, 0) is 0 Å². The molecular weight excluding hydrogens is 216 g/mol. The first kappa shape index (κ1) is 11.9. The lowest BCUT2D eigenvalue weighted by Crippen LogP contribution is -2.88. The fourth-order valence-electron chi connectivity index (χ4n) is 1.08. The van der Waals surface area contributed by atoms with E-state index in [-0.39, 0.29) is 0 Å². The summed E-state index contributed by atoms with van der Waals surface area (Å²) in [7, 11) is 0. The quantitative estimate of drug-likeness (QED) is 0.536. The van der Waals surface area contributed by atoms with Crippen LogP contribution in [0.2, 0.25) is 5.02 Å². The van der Waals surface area contributed by atoms with Crippen molar-refractivity contribution in [3.63, 3.8) is 0 Å². The summed E-state index contributed by atoms with van der Waals surface area (Å²) in [5, 5.41) is 3.11. The van der Waals surface area contributed by atoms with Crippen molar-refractivity contribution in [1.82, 2.24) is 0 Å². The van der Waals surface area contributed by atoms with Gasteiger partial charge in [0.15, 0.2) is 0 Å². The van der Waals surface area contributed by atoms with Crippen LogP contribution in [0.4, 0.5) is 0 Å². The fourth-order valence-corrected chi connectivity index (χ4v) is 2.05. The minimum absolute atomic E-state index is 0.804. The minimum Gasteiger partial charge on any atom is -0.353 e. The Morgan fingerprint density at radius 2 is 1.93 bits per heavy atom. The van der Waals surface area contributed by atoms with Crippen LogP contribution in [0.5, 0.6) is 0 Å². The Kier molecular flexibility index (Phi) is 6.03. The highest BCUT2D eigenvalue weighted by Crippen LogP contribution is 2.19. The molecule has 5 N–H and O–H groups in total. The van der Waals surface area contributed by atoms with Gasteiger partial charge in [-0.3, -0.25) is 0 Å². The predicted octanol–water partition coefficient (Wildman–Crippen LogP) is 0.237. The van der Waals surface area contributed by atoms with Crippen LogP contribution in [0.25, 0.3) is 0 Å². The predicted molar refractivity (Wildman–Crippen MR) is 61.6 cm³/mol. The van der Waals surface area contributed by atoms with Gasteiger partial charge in [-0.15, -0.1) is 11.8 Å². The van der Waals surface area contributed by atoms with Gasteiger partial charge >= 0.3 is 0 Å². The molecule has 0 aliphatic carbocycles. The van der Waals surface area contributed by atoms with Gasteiger partial charge in [-0.1, -0.05) is 11.6 Å². The Balaban J connectivity index is 2.15. The fraction of sp³-hybridized carbons (Fsp3) is 0.400. The molecule has 1 rings (SSSR count). The van der Waals surface area contributed by atoms with Gasteiger partial charge in [0, 0.05) is 15.7 Å². The summed E-state index contributed by atoms with van der Waals surface area (Å²) in [6.45, 7) is 3.29. The summed E-state index contributed by atoms with van der Waals surface area (Å²) >= 11 is 7.66. The second-order valence-corrected chi connectivity index (χ2v) is 4.63. The van der Waals surface area contributed by atoms with Crippen molar-refractivity contribution in [1.29, 1.82) is 0 Å². The lowest BCUT2D eigenvalue weighted by molar-refractivity contribution is -0.666. The molecule has 0 fully saturated rings. The molecule has 0 atom stereocenters. The molecule has 0 saturated heterocycles. The topological polar surface area (TPSA) is 44.2 Å². The highest BCUT2D eigenvalue weighted by Gasteiger charge is 1.95. The van der Waals surface area contributed by atoms with E-state index >= 15 is 0 Å². The Morgan fingerprint density at radius 1 is 1.21 bits per heavy atom. The molecule has 0 unspecified atom stereocenters.